The molecule has 0 radical (unpaired) electrons. The molecule has 1 aromatic heterocycles. The van der Waals surface area contributed by atoms with E-state index in [1.807, 2.05) is 0 Å². The van der Waals surface area contributed by atoms with Gasteiger partial charge in [0.1, 0.15) is 11.5 Å². The van der Waals surface area contributed by atoms with Crippen molar-refractivity contribution in [2.24, 2.45) is 5.10 Å². The first-order valence-electron chi connectivity index (χ1n) is 5.31. The van der Waals surface area contributed by atoms with Gasteiger partial charge < -0.3 is 4.42 Å². The number of nitrogens with one attached hydrogen (secondary N) is 1. The standard InChI is InChI=1S/C13H11BrN2O2/c1-9(12-3-2-8-18-12)15-16-13(17)10-4-6-11(14)7-5-10/h2-8H,1H3,(H,16,17)/b15-9-. The summed E-state index contributed by atoms with van der Waals surface area (Å²) in [6.45, 7) is 1.76. The second-order valence-electron chi connectivity index (χ2n) is 3.62. The van der Waals surface area contributed by atoms with Gasteiger partial charge in [-0.05, 0) is 43.3 Å². The maximum atomic E-state index is 11.8. The van der Waals surface area contributed by atoms with E-state index in [4.69, 9.17) is 4.42 Å². The van der Waals surface area contributed by atoms with Gasteiger partial charge in [0.05, 0.1) is 6.26 Å². The highest BCUT2D eigenvalue weighted by Crippen LogP contribution is 2.10. The lowest BCUT2D eigenvalue weighted by atomic mass is 10.2. The smallest absolute Gasteiger partial charge is 0.271 e. The Bertz CT molecular complexity index is 559. The average Bonchev–Trinajstić information content (AvgIpc) is 2.90. The fourth-order valence-corrected chi connectivity index (χ4v) is 1.60. The Morgan fingerprint density at radius 2 is 2.00 bits per heavy atom. The molecule has 0 saturated carbocycles. The Kier molecular flexibility index (Phi) is 3.94. The quantitative estimate of drug-likeness (QED) is 0.699. The molecule has 0 unspecified atom stereocenters. The van der Waals surface area contributed by atoms with Crippen molar-refractivity contribution in [1.82, 2.24) is 5.43 Å². The van der Waals surface area contributed by atoms with E-state index in [1.54, 1.807) is 49.6 Å². The first-order valence-corrected chi connectivity index (χ1v) is 6.10. The van der Waals surface area contributed by atoms with E-state index in [0.29, 0.717) is 17.0 Å². The number of hydrazone groups is 1. The third-order valence-corrected chi connectivity index (χ3v) is 2.84. The molecule has 2 aromatic rings. The summed E-state index contributed by atoms with van der Waals surface area (Å²) in [4.78, 5) is 11.8. The van der Waals surface area contributed by atoms with Crippen LogP contribution in [0, 0.1) is 0 Å². The maximum Gasteiger partial charge on any atom is 0.271 e. The molecule has 0 aliphatic rings. The van der Waals surface area contributed by atoms with Crippen LogP contribution < -0.4 is 5.43 Å². The summed E-state index contributed by atoms with van der Waals surface area (Å²) in [5, 5.41) is 3.98. The minimum Gasteiger partial charge on any atom is -0.463 e. The third-order valence-electron chi connectivity index (χ3n) is 2.31. The van der Waals surface area contributed by atoms with Crippen LogP contribution in [-0.4, -0.2) is 11.6 Å². The van der Waals surface area contributed by atoms with Gasteiger partial charge in [0.15, 0.2) is 0 Å². The van der Waals surface area contributed by atoms with Crippen molar-refractivity contribution in [2.75, 3.05) is 0 Å². The molecule has 0 saturated heterocycles. The molecule has 4 nitrogen and oxygen atoms in total. The topological polar surface area (TPSA) is 54.6 Å². The molecule has 1 N–H and O–H groups in total. The van der Waals surface area contributed by atoms with Crippen molar-refractivity contribution >= 4 is 27.5 Å². The van der Waals surface area contributed by atoms with Gasteiger partial charge in [-0.1, -0.05) is 15.9 Å². The van der Waals surface area contributed by atoms with E-state index in [2.05, 4.69) is 26.5 Å². The van der Waals surface area contributed by atoms with E-state index < -0.39 is 0 Å². The third kappa shape index (κ3) is 3.07. The first kappa shape index (κ1) is 12.6. The molecular weight excluding hydrogens is 296 g/mol. The van der Waals surface area contributed by atoms with Gasteiger partial charge in [0.2, 0.25) is 0 Å². The monoisotopic (exact) mass is 306 g/mol. The van der Waals surface area contributed by atoms with Crippen molar-refractivity contribution in [1.29, 1.82) is 0 Å². The van der Waals surface area contributed by atoms with Crippen molar-refractivity contribution in [3.8, 4) is 0 Å². The normalized spacial score (nSPS) is 11.3. The predicted octanol–water partition coefficient (Wildman–Crippen LogP) is 3.20. The summed E-state index contributed by atoms with van der Waals surface area (Å²) >= 11 is 3.31. The van der Waals surface area contributed by atoms with Crippen LogP contribution in [0.2, 0.25) is 0 Å². The zero-order valence-corrected chi connectivity index (χ0v) is 11.3. The largest absolute Gasteiger partial charge is 0.463 e. The van der Waals surface area contributed by atoms with E-state index >= 15 is 0 Å². The number of rotatable bonds is 3. The molecule has 0 atom stereocenters. The summed E-state index contributed by atoms with van der Waals surface area (Å²) in [6.07, 6.45) is 1.56. The van der Waals surface area contributed by atoms with Crippen molar-refractivity contribution in [3.05, 3.63) is 58.5 Å². The van der Waals surface area contributed by atoms with Gasteiger partial charge in [0, 0.05) is 10.0 Å². The number of carbonyl (C=O) groups excluding carboxylic acids is 1. The predicted molar refractivity (Wildman–Crippen MR) is 72.5 cm³/mol. The summed E-state index contributed by atoms with van der Waals surface area (Å²) < 4.78 is 6.09. The number of benzene rings is 1. The molecule has 0 bridgehead atoms. The Balaban J connectivity index is 2.04. The lowest BCUT2D eigenvalue weighted by molar-refractivity contribution is 0.0955. The second-order valence-corrected chi connectivity index (χ2v) is 4.54. The van der Waals surface area contributed by atoms with Crippen LogP contribution in [0.15, 0.2) is 56.7 Å². The number of nitrogens with zero attached hydrogens (tertiary/aromatic N) is 1. The molecule has 1 aromatic carbocycles. The van der Waals surface area contributed by atoms with E-state index in [1.165, 1.54) is 0 Å². The van der Waals surface area contributed by atoms with Gasteiger partial charge in [-0.2, -0.15) is 5.10 Å². The highest BCUT2D eigenvalue weighted by Gasteiger charge is 2.05. The average molecular weight is 307 g/mol. The van der Waals surface area contributed by atoms with Gasteiger partial charge in [-0.3, -0.25) is 4.79 Å². The highest BCUT2D eigenvalue weighted by atomic mass is 79.9. The van der Waals surface area contributed by atoms with Crippen LogP contribution in [0.4, 0.5) is 0 Å². The molecule has 0 aliphatic heterocycles. The van der Waals surface area contributed by atoms with E-state index in [-0.39, 0.29) is 5.91 Å². The molecule has 0 aliphatic carbocycles. The Morgan fingerprint density at radius 1 is 1.28 bits per heavy atom. The molecule has 0 spiro atoms. The Hall–Kier alpha value is -1.88. The number of furan rings is 1. The van der Waals surface area contributed by atoms with Gasteiger partial charge in [-0.15, -0.1) is 0 Å². The Morgan fingerprint density at radius 3 is 2.61 bits per heavy atom. The molecular formula is C13H11BrN2O2. The molecule has 0 fully saturated rings. The zero-order chi connectivity index (χ0) is 13.0. The summed E-state index contributed by atoms with van der Waals surface area (Å²) in [5.41, 5.74) is 3.65. The SMILES string of the molecule is C/C(=N/NC(=O)c1ccc(Br)cc1)c1ccco1. The van der Waals surface area contributed by atoms with Gasteiger partial charge >= 0.3 is 0 Å². The van der Waals surface area contributed by atoms with Crippen LogP contribution in [0.1, 0.15) is 23.0 Å². The number of hydrogen-bond donors (Lipinski definition) is 1. The highest BCUT2D eigenvalue weighted by molar-refractivity contribution is 9.10. The summed E-state index contributed by atoms with van der Waals surface area (Å²) in [7, 11) is 0. The van der Waals surface area contributed by atoms with Crippen LogP contribution in [0.3, 0.4) is 0 Å². The van der Waals surface area contributed by atoms with E-state index in [9.17, 15) is 4.79 Å². The summed E-state index contributed by atoms with van der Waals surface area (Å²) in [5.74, 6) is 0.375. The van der Waals surface area contributed by atoms with Crippen LogP contribution in [0.5, 0.6) is 0 Å². The number of amides is 1. The van der Waals surface area contributed by atoms with E-state index in [0.717, 1.165) is 4.47 Å². The second kappa shape index (κ2) is 5.64. The molecule has 92 valence electrons. The minimum absolute atomic E-state index is 0.256. The molecule has 1 amide bonds. The maximum absolute atomic E-state index is 11.8. The fraction of sp³-hybridized carbons (Fsp3) is 0.0769. The first-order chi connectivity index (χ1) is 8.66. The molecule has 1 heterocycles. The van der Waals surface area contributed by atoms with Crippen LogP contribution >= 0.6 is 15.9 Å². The lowest BCUT2D eigenvalue weighted by Gasteiger charge is -2.01. The Labute approximate surface area is 113 Å². The zero-order valence-electron chi connectivity index (χ0n) is 9.68. The minimum atomic E-state index is -0.256. The number of hydrogen-bond acceptors (Lipinski definition) is 3. The number of carbonyl (C=O) groups is 1. The van der Waals surface area contributed by atoms with Crippen molar-refractivity contribution in [2.45, 2.75) is 6.92 Å². The van der Waals surface area contributed by atoms with Gasteiger partial charge in [0.25, 0.3) is 5.91 Å². The van der Waals surface area contributed by atoms with Crippen molar-refractivity contribution in [3.63, 3.8) is 0 Å². The van der Waals surface area contributed by atoms with Crippen LogP contribution in [-0.2, 0) is 0 Å². The summed E-state index contributed by atoms with van der Waals surface area (Å²) in [6, 6.07) is 10.6. The van der Waals surface area contributed by atoms with Gasteiger partial charge in [-0.25, -0.2) is 5.43 Å². The molecule has 5 heteroatoms. The number of halogens is 1. The molecule has 2 rings (SSSR count). The lowest BCUT2D eigenvalue weighted by Crippen LogP contribution is -2.19. The van der Waals surface area contributed by atoms with Crippen molar-refractivity contribution < 1.29 is 9.21 Å². The van der Waals surface area contributed by atoms with Crippen LogP contribution in [0.25, 0.3) is 0 Å². The molecule has 18 heavy (non-hydrogen) atoms. The fourth-order valence-electron chi connectivity index (χ4n) is 1.34.